The molecule has 1 aliphatic rings. The van der Waals surface area contributed by atoms with E-state index in [1.54, 1.807) is 0 Å². The van der Waals surface area contributed by atoms with Crippen LogP contribution in [0.2, 0.25) is 0 Å². The summed E-state index contributed by atoms with van der Waals surface area (Å²) in [7, 11) is 1.41. The van der Waals surface area contributed by atoms with Gasteiger partial charge < -0.3 is 19.9 Å². The number of ether oxygens (including phenoxy) is 2. The molecule has 4 atom stereocenters. The second-order valence-electron chi connectivity index (χ2n) is 5.96. The quantitative estimate of drug-likeness (QED) is 0.416. The zero-order chi connectivity index (χ0) is 19.3. The Balaban J connectivity index is 2.34. The lowest BCUT2D eigenvalue weighted by atomic mass is 9.89. The highest BCUT2D eigenvalue weighted by Gasteiger charge is 2.54. The summed E-state index contributed by atoms with van der Waals surface area (Å²) in [5, 5.41) is 16.6. The Morgan fingerprint density at radius 3 is 2.92 bits per heavy atom. The average Bonchev–Trinajstić information content (AvgIpc) is 2.87. The van der Waals surface area contributed by atoms with Gasteiger partial charge in [0, 0.05) is 31.7 Å². The maximum Gasteiger partial charge on any atom is 0.351 e. The van der Waals surface area contributed by atoms with E-state index in [0.717, 1.165) is 0 Å². The Hall–Kier alpha value is -2.46. The number of aliphatic hydroxyl groups excluding tert-OH is 1. The number of aliphatic hydroxyl groups is 1. The highest BCUT2D eigenvalue weighted by molar-refractivity contribution is 5.87. The first kappa shape index (κ1) is 19.9. The molecule has 11 nitrogen and oxygen atoms in total. The maximum atomic E-state index is 12.4. The van der Waals surface area contributed by atoms with E-state index in [4.69, 9.17) is 15.0 Å². The largest absolute Gasteiger partial charge is 0.387 e. The van der Waals surface area contributed by atoms with Crippen molar-refractivity contribution in [3.8, 4) is 0 Å². The number of carbonyl (C=O) groups is 1. The van der Waals surface area contributed by atoms with Crippen LogP contribution in [0, 0.1) is 0 Å². The van der Waals surface area contributed by atoms with E-state index in [0.29, 0.717) is 6.42 Å². The third-order valence-electron chi connectivity index (χ3n) is 4.46. The minimum atomic E-state index is -1.03. The Kier molecular flexibility index (Phi) is 6.32. The van der Waals surface area contributed by atoms with E-state index in [2.05, 4.69) is 20.3 Å². The van der Waals surface area contributed by atoms with Crippen molar-refractivity contribution in [2.45, 2.75) is 50.7 Å². The summed E-state index contributed by atoms with van der Waals surface area (Å²) in [4.78, 5) is 29.9. The molecule has 26 heavy (non-hydrogen) atoms. The molecule has 0 aliphatic carbocycles. The van der Waals surface area contributed by atoms with E-state index in [-0.39, 0.29) is 24.7 Å². The fraction of sp³-hybridized carbons (Fsp3) is 0.667. The number of hydrogen-bond donors (Lipinski definition) is 2. The van der Waals surface area contributed by atoms with Crippen LogP contribution in [0.15, 0.2) is 22.2 Å². The van der Waals surface area contributed by atoms with Gasteiger partial charge in [0.15, 0.2) is 6.23 Å². The summed E-state index contributed by atoms with van der Waals surface area (Å²) in [5.41, 5.74) is 6.79. The molecule has 0 aromatic carbocycles. The highest BCUT2D eigenvalue weighted by Crippen LogP contribution is 2.42. The number of rotatable bonds is 7. The van der Waals surface area contributed by atoms with Crippen molar-refractivity contribution < 1.29 is 19.4 Å². The lowest BCUT2D eigenvalue weighted by molar-refractivity contribution is -0.114. The van der Waals surface area contributed by atoms with Crippen LogP contribution >= 0.6 is 0 Å². The molecule has 1 aliphatic heterocycles. The number of nitrogens with zero attached hydrogens (tertiary/aromatic N) is 5. The molecule has 1 saturated heterocycles. The van der Waals surface area contributed by atoms with E-state index >= 15 is 0 Å². The molecule has 2 heterocycles. The molecule has 1 unspecified atom stereocenters. The molecule has 0 spiro atoms. The van der Waals surface area contributed by atoms with Gasteiger partial charge in [-0.15, -0.1) is 0 Å². The third kappa shape index (κ3) is 3.86. The molecule has 2 rings (SSSR count). The number of azide groups is 1. The van der Waals surface area contributed by atoms with Gasteiger partial charge in [0.25, 0.3) is 0 Å². The van der Waals surface area contributed by atoms with Crippen molar-refractivity contribution in [1.29, 1.82) is 0 Å². The number of hydrogen-bond acceptors (Lipinski definition) is 7. The molecule has 11 heteroatoms. The van der Waals surface area contributed by atoms with E-state index in [1.807, 2.05) is 6.92 Å². The van der Waals surface area contributed by atoms with Gasteiger partial charge >= 0.3 is 5.69 Å². The minimum Gasteiger partial charge on any atom is -0.387 e. The molecule has 0 radical (unpaired) electrons. The predicted octanol–water partition coefficient (Wildman–Crippen LogP) is 0.956. The van der Waals surface area contributed by atoms with Crippen LogP contribution < -0.4 is 11.0 Å². The molecule has 1 fully saturated rings. The van der Waals surface area contributed by atoms with Crippen molar-refractivity contribution in [2.75, 3.05) is 19.0 Å². The Labute approximate surface area is 149 Å². The number of aromatic nitrogens is 2. The summed E-state index contributed by atoms with van der Waals surface area (Å²) in [6, 6.07) is 1.46. The van der Waals surface area contributed by atoms with Crippen molar-refractivity contribution in [1.82, 2.24) is 9.55 Å². The van der Waals surface area contributed by atoms with Crippen molar-refractivity contribution in [3.63, 3.8) is 0 Å². The van der Waals surface area contributed by atoms with Crippen LogP contribution in [0.3, 0.4) is 0 Å². The van der Waals surface area contributed by atoms with Gasteiger partial charge in [0.1, 0.15) is 18.0 Å². The van der Waals surface area contributed by atoms with Crippen molar-refractivity contribution in [2.24, 2.45) is 5.11 Å². The SMILES string of the molecule is CC[C@@]1(CCN=[N+]=[N-])O[C@@H](n2ccc(NC(C)=O)nc2=O)[C@@H](OC)C1O. The van der Waals surface area contributed by atoms with Crippen LogP contribution in [-0.4, -0.2) is 52.0 Å². The summed E-state index contributed by atoms with van der Waals surface area (Å²) in [5.74, 6) is -0.226. The van der Waals surface area contributed by atoms with Crippen LogP contribution in [0.4, 0.5) is 5.82 Å². The summed E-state index contributed by atoms with van der Waals surface area (Å²) in [6.07, 6.45) is -0.629. The third-order valence-corrected chi connectivity index (χ3v) is 4.46. The Bertz CT molecular complexity index is 761. The van der Waals surface area contributed by atoms with Gasteiger partial charge in [0.2, 0.25) is 5.91 Å². The normalized spacial score (nSPS) is 27.8. The average molecular weight is 366 g/mol. The second kappa shape index (κ2) is 8.28. The molecule has 1 amide bonds. The van der Waals surface area contributed by atoms with Gasteiger partial charge in [-0.3, -0.25) is 9.36 Å². The van der Waals surface area contributed by atoms with Gasteiger partial charge in [-0.1, -0.05) is 12.0 Å². The molecular formula is C15H22N6O5. The number of methoxy groups -OCH3 is 1. The molecule has 1 aromatic heterocycles. The Morgan fingerprint density at radius 2 is 2.38 bits per heavy atom. The minimum absolute atomic E-state index is 0.122. The van der Waals surface area contributed by atoms with Crippen molar-refractivity contribution >= 4 is 11.7 Å². The van der Waals surface area contributed by atoms with E-state index in [1.165, 1.54) is 30.9 Å². The van der Waals surface area contributed by atoms with Crippen LogP contribution in [0.5, 0.6) is 0 Å². The Morgan fingerprint density at radius 1 is 1.65 bits per heavy atom. The monoisotopic (exact) mass is 366 g/mol. The number of anilines is 1. The zero-order valence-corrected chi connectivity index (χ0v) is 14.8. The summed E-state index contributed by atoms with van der Waals surface area (Å²) in [6.45, 7) is 3.28. The molecule has 1 aromatic rings. The van der Waals surface area contributed by atoms with Gasteiger partial charge in [-0.2, -0.15) is 4.98 Å². The van der Waals surface area contributed by atoms with Gasteiger partial charge in [0.05, 0.1) is 5.60 Å². The fourth-order valence-electron chi connectivity index (χ4n) is 3.11. The number of nitrogens with one attached hydrogen (secondary N) is 1. The van der Waals surface area contributed by atoms with Gasteiger partial charge in [-0.05, 0) is 24.4 Å². The fourth-order valence-corrected chi connectivity index (χ4v) is 3.11. The van der Waals surface area contributed by atoms with Crippen LogP contribution in [-0.2, 0) is 14.3 Å². The van der Waals surface area contributed by atoms with E-state index in [9.17, 15) is 14.7 Å². The standard InChI is InChI=1S/C15H22N6O5/c1-4-15(6-7-17-20-16)12(23)11(25-3)13(26-15)21-8-5-10(18-9(2)22)19-14(21)24/h5,8,11-13,23H,4,6-7H2,1-3H3,(H,18,19,22,24)/t11-,12?,13+,15-/m0/s1. The predicted molar refractivity (Wildman–Crippen MR) is 91.4 cm³/mol. The maximum absolute atomic E-state index is 12.4. The molecular weight excluding hydrogens is 344 g/mol. The van der Waals surface area contributed by atoms with Crippen LogP contribution in [0.1, 0.15) is 32.9 Å². The zero-order valence-electron chi connectivity index (χ0n) is 14.8. The van der Waals surface area contributed by atoms with Crippen molar-refractivity contribution in [3.05, 3.63) is 33.2 Å². The molecule has 0 bridgehead atoms. The highest BCUT2D eigenvalue weighted by atomic mass is 16.6. The topological polar surface area (TPSA) is 151 Å². The lowest BCUT2D eigenvalue weighted by Gasteiger charge is -2.30. The lowest BCUT2D eigenvalue weighted by Crippen LogP contribution is -2.43. The second-order valence-corrected chi connectivity index (χ2v) is 5.96. The molecule has 142 valence electrons. The number of carbonyl (C=O) groups excluding carboxylic acids is 1. The molecule has 2 N–H and O–H groups in total. The first-order chi connectivity index (χ1) is 12.4. The first-order valence-electron chi connectivity index (χ1n) is 8.15. The smallest absolute Gasteiger partial charge is 0.351 e. The first-order valence-corrected chi connectivity index (χ1v) is 8.15. The number of amides is 1. The van der Waals surface area contributed by atoms with Gasteiger partial charge in [-0.25, -0.2) is 4.79 Å². The van der Waals surface area contributed by atoms with Crippen LogP contribution in [0.25, 0.3) is 10.4 Å². The van der Waals surface area contributed by atoms with E-state index < -0.39 is 29.7 Å². The summed E-state index contributed by atoms with van der Waals surface area (Å²) >= 11 is 0. The summed E-state index contributed by atoms with van der Waals surface area (Å²) < 4.78 is 12.6. The molecule has 0 saturated carbocycles.